The molecule has 254 valence electrons. The van der Waals surface area contributed by atoms with Crippen LogP contribution in [0.5, 0.6) is 0 Å². The number of thiazole rings is 1. The molecule has 49 heavy (non-hydrogen) atoms. The van der Waals surface area contributed by atoms with Crippen molar-refractivity contribution in [1.82, 2.24) is 0 Å². The zero-order valence-electron chi connectivity index (χ0n) is 26.9. The van der Waals surface area contributed by atoms with E-state index >= 15 is 0 Å². The highest BCUT2D eigenvalue weighted by Gasteiger charge is 2.27. The highest BCUT2D eigenvalue weighted by atomic mass is 32.2. The number of rotatable bonds is 13. The van der Waals surface area contributed by atoms with Crippen molar-refractivity contribution in [2.75, 3.05) is 23.0 Å². The molecule has 0 bridgehead atoms. The molecule has 0 radical (unpaired) electrons. The maximum Gasteiger partial charge on any atom is 0.264 e. The van der Waals surface area contributed by atoms with E-state index in [1.807, 2.05) is 48.5 Å². The maximum absolute atomic E-state index is 11.6. The van der Waals surface area contributed by atoms with Crippen LogP contribution in [-0.4, -0.2) is 44.0 Å². The fourth-order valence-electron chi connectivity index (χ4n) is 5.87. The maximum atomic E-state index is 11.6. The van der Waals surface area contributed by atoms with Gasteiger partial charge in [0.1, 0.15) is 4.70 Å². The summed E-state index contributed by atoms with van der Waals surface area (Å²) >= 11 is 3.22. The molecule has 0 atom stereocenters. The summed E-state index contributed by atoms with van der Waals surface area (Å²) in [5, 5.41) is 1.88. The summed E-state index contributed by atoms with van der Waals surface area (Å²) in [5.41, 5.74) is 7.21. The van der Waals surface area contributed by atoms with Crippen LogP contribution in [0.2, 0.25) is 0 Å². The van der Waals surface area contributed by atoms with Gasteiger partial charge in [-0.15, -0.1) is 0 Å². The highest BCUT2D eigenvalue weighted by Crippen LogP contribution is 2.48. The van der Waals surface area contributed by atoms with E-state index < -0.39 is 26.0 Å². The number of aryl methyl sites for hydroxylation is 1. The molecule has 0 amide bonds. The smallest absolute Gasteiger partial charge is 0.264 e. The first-order chi connectivity index (χ1) is 23.5. The second-order valence-corrected chi connectivity index (χ2v) is 17.0. The highest BCUT2D eigenvalue weighted by molar-refractivity contribution is 8.03. The predicted molar refractivity (Wildman–Crippen MR) is 199 cm³/mol. The zero-order chi connectivity index (χ0) is 34.6. The van der Waals surface area contributed by atoms with E-state index in [2.05, 4.69) is 77.1 Å². The first kappa shape index (κ1) is 35.1. The van der Waals surface area contributed by atoms with Crippen molar-refractivity contribution in [3.63, 3.8) is 0 Å². The van der Waals surface area contributed by atoms with E-state index in [-0.39, 0.29) is 18.6 Å². The molecule has 6 rings (SSSR count). The summed E-state index contributed by atoms with van der Waals surface area (Å²) < 4.78 is 70.2. The summed E-state index contributed by atoms with van der Waals surface area (Å²) in [6.45, 7) is 2.83. The van der Waals surface area contributed by atoms with Crippen molar-refractivity contribution < 1.29 is 30.5 Å². The number of hydrogen-bond acceptors (Lipinski definition) is 8. The van der Waals surface area contributed by atoms with E-state index in [1.165, 1.54) is 0 Å². The predicted octanol–water partition coefficient (Wildman–Crippen LogP) is 7.98. The molecule has 0 fully saturated rings. The lowest BCUT2D eigenvalue weighted by atomic mass is 10.0. The number of aromatic nitrogens is 1. The molecule has 2 heterocycles. The average molecular weight is 733 g/mol. The van der Waals surface area contributed by atoms with E-state index in [9.17, 15) is 25.9 Å². The number of benzene rings is 4. The standard InChI is InChI=1S/C37H36N2O6S4/c1-2-27(23-36-38(19-9-21-48(40,41)42)32-25-30(15-17-34(32)46-36)28-11-5-3-6-12-28)24-37-39(20-10-22-49(43,44)45)33-26-31(16-18-35(33)47-37)29-13-7-4-8-14-29/h3-8,11-18,23-26H,2,9-10,19-22H2,1H3,(H-,40,41,42,43,44,45). The van der Waals surface area contributed by atoms with Crippen LogP contribution in [0.1, 0.15) is 31.2 Å². The van der Waals surface area contributed by atoms with E-state index in [1.54, 1.807) is 23.1 Å². The van der Waals surface area contributed by atoms with Gasteiger partial charge in [-0.2, -0.15) is 13.0 Å². The topological polar surface area (TPSA) is 119 Å². The van der Waals surface area contributed by atoms with Crippen molar-refractivity contribution in [1.29, 1.82) is 0 Å². The lowest BCUT2D eigenvalue weighted by Gasteiger charge is -2.21. The first-order valence-corrected chi connectivity index (χ1v) is 20.8. The molecule has 0 unspecified atom stereocenters. The van der Waals surface area contributed by atoms with E-state index in [0.29, 0.717) is 19.5 Å². The molecule has 0 spiro atoms. The van der Waals surface area contributed by atoms with Crippen molar-refractivity contribution in [2.45, 2.75) is 37.6 Å². The lowest BCUT2D eigenvalue weighted by Crippen LogP contribution is -2.36. The third kappa shape index (κ3) is 8.88. The average Bonchev–Trinajstić information content (AvgIpc) is 3.60. The Morgan fingerprint density at radius 3 is 2.12 bits per heavy atom. The van der Waals surface area contributed by atoms with Crippen molar-refractivity contribution in [2.24, 2.45) is 0 Å². The summed E-state index contributed by atoms with van der Waals surface area (Å²) in [4.78, 5) is 3.17. The van der Waals surface area contributed by atoms with Crippen LogP contribution < -0.4 is 9.47 Å². The molecule has 1 aliphatic heterocycles. The number of allylic oxidation sites excluding steroid dienone is 2. The molecular formula is C37H36N2O6S4. The van der Waals surface area contributed by atoms with Gasteiger partial charge in [0.05, 0.1) is 26.6 Å². The van der Waals surface area contributed by atoms with Crippen LogP contribution in [0.3, 0.4) is 0 Å². The quantitative estimate of drug-likeness (QED) is 0.0957. The van der Waals surface area contributed by atoms with Gasteiger partial charge in [-0.1, -0.05) is 103 Å². The van der Waals surface area contributed by atoms with Gasteiger partial charge in [0, 0.05) is 35.8 Å². The first-order valence-electron chi connectivity index (χ1n) is 15.9. The van der Waals surface area contributed by atoms with Crippen molar-refractivity contribution in [3.05, 3.63) is 119 Å². The van der Waals surface area contributed by atoms with Gasteiger partial charge in [0.15, 0.2) is 6.54 Å². The van der Waals surface area contributed by atoms with Crippen LogP contribution in [0.25, 0.3) is 38.5 Å². The Balaban J connectivity index is 1.39. The Labute approximate surface area is 295 Å². The third-order valence-electron chi connectivity index (χ3n) is 8.26. The van der Waals surface area contributed by atoms with Gasteiger partial charge in [-0.25, -0.2) is 8.42 Å². The number of hydrogen-bond donors (Lipinski definition) is 1. The van der Waals surface area contributed by atoms with Crippen LogP contribution in [-0.2, 0) is 26.8 Å². The van der Waals surface area contributed by atoms with Crippen LogP contribution in [0, 0.1) is 0 Å². The molecule has 0 aliphatic carbocycles. The SMILES string of the molecule is CCC(/C=C1\Sc2ccc(-c3ccccc3)cc2N1CCCS(=O)(=O)O)=C\c1sc2ccc(-c3ccccc3)cc2[n+]1CCCS(=O)(=O)[O-]. The molecule has 1 N–H and O–H groups in total. The summed E-state index contributed by atoms with van der Waals surface area (Å²) in [5.74, 6) is -0.778. The molecule has 5 aromatic rings. The second-order valence-electron chi connectivity index (χ2n) is 11.8. The zero-order valence-corrected chi connectivity index (χ0v) is 30.1. The van der Waals surface area contributed by atoms with Gasteiger partial charge < -0.3 is 9.45 Å². The molecule has 1 aromatic heterocycles. The Bertz CT molecular complexity index is 2250. The monoisotopic (exact) mass is 732 g/mol. The van der Waals surface area contributed by atoms with Crippen molar-refractivity contribution in [3.8, 4) is 22.3 Å². The Kier molecular flexibility index (Phi) is 10.7. The van der Waals surface area contributed by atoms with Crippen LogP contribution in [0.4, 0.5) is 5.69 Å². The van der Waals surface area contributed by atoms with Crippen molar-refractivity contribution >= 4 is 65.3 Å². The molecular weight excluding hydrogens is 697 g/mol. The fourth-order valence-corrected chi connectivity index (χ4v) is 9.13. The summed E-state index contributed by atoms with van der Waals surface area (Å²) in [6, 6.07) is 32.7. The number of thioether (sulfide) groups is 1. The van der Waals surface area contributed by atoms with Crippen LogP contribution >= 0.6 is 23.1 Å². The summed E-state index contributed by atoms with van der Waals surface area (Å²) in [6.07, 6.45) is 5.37. The Morgan fingerprint density at radius 2 is 1.49 bits per heavy atom. The van der Waals surface area contributed by atoms with Gasteiger partial charge in [-0.05, 0) is 64.9 Å². The van der Waals surface area contributed by atoms with Gasteiger partial charge in [0.25, 0.3) is 15.1 Å². The molecule has 0 saturated carbocycles. The molecule has 4 aromatic carbocycles. The minimum absolute atomic E-state index is 0.192. The molecule has 12 heteroatoms. The number of fused-ring (bicyclic) bond motifs is 2. The van der Waals surface area contributed by atoms with Crippen LogP contribution in [0.15, 0.2) is 119 Å². The Hall–Kier alpha value is -3.78. The molecule has 1 aliphatic rings. The summed E-state index contributed by atoms with van der Waals surface area (Å²) in [7, 11) is -8.46. The molecule has 8 nitrogen and oxygen atoms in total. The normalized spacial score (nSPS) is 14.6. The van der Waals surface area contributed by atoms with E-state index in [0.717, 1.165) is 58.7 Å². The second kappa shape index (κ2) is 15.0. The Morgan fingerprint density at radius 1 is 0.837 bits per heavy atom. The fraction of sp³-hybridized carbons (Fsp3) is 0.216. The minimum Gasteiger partial charge on any atom is -0.748 e. The third-order valence-corrected chi connectivity index (χ3v) is 12.1. The minimum atomic E-state index is -4.35. The van der Waals surface area contributed by atoms with Gasteiger partial charge in [-0.3, -0.25) is 4.55 Å². The molecule has 0 saturated heterocycles. The van der Waals surface area contributed by atoms with Gasteiger partial charge >= 0.3 is 0 Å². The van der Waals surface area contributed by atoms with Gasteiger partial charge in [0.2, 0.25) is 5.52 Å². The number of anilines is 1. The van der Waals surface area contributed by atoms with E-state index in [4.69, 9.17) is 0 Å². The lowest BCUT2D eigenvalue weighted by molar-refractivity contribution is -0.668. The number of nitrogens with zero attached hydrogens (tertiary/aromatic N) is 2. The largest absolute Gasteiger partial charge is 0.748 e.